The molecule has 132 valence electrons. The molecule has 1 saturated carbocycles. The SMILES string of the molecule is Cc1cc(C)n(-c2ccc(N3CCCN(C(=O)C4CC4)CC3)nn2)n1. The molecular formula is C18H24N6O. The molecule has 0 unspecified atom stereocenters. The van der Waals surface area contributed by atoms with E-state index in [2.05, 4.69) is 20.2 Å². The zero-order chi connectivity index (χ0) is 17.4. The molecule has 2 aromatic heterocycles. The lowest BCUT2D eigenvalue weighted by Gasteiger charge is -2.22. The Balaban J connectivity index is 1.45. The number of hydrogen-bond donors (Lipinski definition) is 0. The van der Waals surface area contributed by atoms with Gasteiger partial charge < -0.3 is 9.80 Å². The fourth-order valence-corrected chi connectivity index (χ4v) is 3.42. The molecule has 2 aromatic rings. The van der Waals surface area contributed by atoms with Crippen LogP contribution in [0.15, 0.2) is 18.2 Å². The van der Waals surface area contributed by atoms with E-state index >= 15 is 0 Å². The first kappa shape index (κ1) is 16.1. The molecule has 4 rings (SSSR count). The first-order chi connectivity index (χ1) is 12.1. The van der Waals surface area contributed by atoms with Gasteiger partial charge in [-0.25, -0.2) is 4.68 Å². The Bertz CT molecular complexity index is 764. The van der Waals surface area contributed by atoms with Crippen LogP contribution in [0.4, 0.5) is 5.82 Å². The van der Waals surface area contributed by atoms with Gasteiger partial charge in [0, 0.05) is 37.8 Å². The average molecular weight is 340 g/mol. The highest BCUT2D eigenvalue weighted by Crippen LogP contribution is 2.31. The number of carbonyl (C=O) groups excluding carboxylic acids is 1. The monoisotopic (exact) mass is 340 g/mol. The van der Waals surface area contributed by atoms with Crippen molar-refractivity contribution in [3.05, 3.63) is 29.6 Å². The van der Waals surface area contributed by atoms with Crippen LogP contribution in [-0.2, 0) is 4.79 Å². The van der Waals surface area contributed by atoms with Gasteiger partial charge in [-0.05, 0) is 51.3 Å². The van der Waals surface area contributed by atoms with Crippen molar-refractivity contribution in [3.8, 4) is 5.82 Å². The molecule has 0 spiro atoms. The van der Waals surface area contributed by atoms with Crippen molar-refractivity contribution in [1.29, 1.82) is 0 Å². The Labute approximate surface area is 147 Å². The minimum Gasteiger partial charge on any atom is -0.353 e. The number of carbonyl (C=O) groups is 1. The summed E-state index contributed by atoms with van der Waals surface area (Å²) in [7, 11) is 0. The third-order valence-corrected chi connectivity index (χ3v) is 4.92. The number of anilines is 1. The van der Waals surface area contributed by atoms with Gasteiger partial charge in [-0.2, -0.15) is 5.10 Å². The summed E-state index contributed by atoms with van der Waals surface area (Å²) in [5, 5.41) is 13.2. The predicted molar refractivity (Wildman–Crippen MR) is 94.8 cm³/mol. The molecular weight excluding hydrogens is 316 g/mol. The fraction of sp³-hybridized carbons (Fsp3) is 0.556. The van der Waals surface area contributed by atoms with Gasteiger partial charge in [0.05, 0.1) is 5.69 Å². The number of aryl methyl sites for hydroxylation is 2. The van der Waals surface area contributed by atoms with Crippen LogP contribution in [0.5, 0.6) is 0 Å². The summed E-state index contributed by atoms with van der Waals surface area (Å²) in [6.07, 6.45) is 3.11. The van der Waals surface area contributed by atoms with Crippen molar-refractivity contribution >= 4 is 11.7 Å². The minimum absolute atomic E-state index is 0.298. The summed E-state index contributed by atoms with van der Waals surface area (Å²) in [4.78, 5) is 16.5. The summed E-state index contributed by atoms with van der Waals surface area (Å²) in [5.41, 5.74) is 2.01. The topological polar surface area (TPSA) is 67.2 Å². The first-order valence-corrected chi connectivity index (χ1v) is 9.03. The van der Waals surface area contributed by atoms with E-state index in [1.165, 1.54) is 0 Å². The highest BCUT2D eigenvalue weighted by atomic mass is 16.2. The van der Waals surface area contributed by atoms with Crippen LogP contribution in [0.3, 0.4) is 0 Å². The lowest BCUT2D eigenvalue weighted by molar-refractivity contribution is -0.132. The van der Waals surface area contributed by atoms with E-state index in [9.17, 15) is 4.79 Å². The van der Waals surface area contributed by atoms with Crippen LogP contribution >= 0.6 is 0 Å². The van der Waals surface area contributed by atoms with E-state index < -0.39 is 0 Å². The Hall–Kier alpha value is -2.44. The van der Waals surface area contributed by atoms with Crippen molar-refractivity contribution in [3.63, 3.8) is 0 Å². The van der Waals surface area contributed by atoms with Gasteiger partial charge in [0.25, 0.3) is 0 Å². The summed E-state index contributed by atoms with van der Waals surface area (Å²) < 4.78 is 1.81. The third kappa shape index (κ3) is 3.36. The molecule has 1 amide bonds. The van der Waals surface area contributed by atoms with Crippen LogP contribution in [-0.4, -0.2) is 57.0 Å². The van der Waals surface area contributed by atoms with Crippen molar-refractivity contribution in [1.82, 2.24) is 24.9 Å². The Morgan fingerprint density at radius 3 is 2.44 bits per heavy atom. The van der Waals surface area contributed by atoms with Crippen LogP contribution in [0, 0.1) is 19.8 Å². The van der Waals surface area contributed by atoms with Crippen LogP contribution in [0.1, 0.15) is 30.7 Å². The van der Waals surface area contributed by atoms with E-state index in [1.807, 2.05) is 41.6 Å². The standard InChI is InChI=1S/C18H24N6O/c1-13-12-14(2)24(21-13)17-7-6-16(19-20-17)22-8-3-9-23(11-10-22)18(25)15-4-5-15/h6-7,12,15H,3-5,8-11H2,1-2H3. The molecule has 7 heteroatoms. The van der Waals surface area contributed by atoms with Gasteiger partial charge in [-0.15, -0.1) is 10.2 Å². The van der Waals surface area contributed by atoms with Gasteiger partial charge in [0.15, 0.2) is 11.6 Å². The van der Waals surface area contributed by atoms with Gasteiger partial charge in [0.2, 0.25) is 5.91 Å². The lowest BCUT2D eigenvalue weighted by Crippen LogP contribution is -2.36. The fourth-order valence-electron chi connectivity index (χ4n) is 3.42. The molecule has 2 fully saturated rings. The van der Waals surface area contributed by atoms with Gasteiger partial charge in [-0.3, -0.25) is 4.79 Å². The van der Waals surface area contributed by atoms with E-state index in [0.29, 0.717) is 11.8 Å². The summed E-state index contributed by atoms with van der Waals surface area (Å²) >= 11 is 0. The zero-order valence-corrected chi connectivity index (χ0v) is 14.9. The summed E-state index contributed by atoms with van der Waals surface area (Å²) in [6.45, 7) is 7.32. The van der Waals surface area contributed by atoms with Crippen LogP contribution in [0.2, 0.25) is 0 Å². The lowest BCUT2D eigenvalue weighted by atomic mass is 10.3. The molecule has 7 nitrogen and oxygen atoms in total. The van der Waals surface area contributed by atoms with Crippen molar-refractivity contribution < 1.29 is 4.79 Å². The van der Waals surface area contributed by atoms with Crippen LogP contribution < -0.4 is 4.90 Å². The average Bonchev–Trinajstić information content (AvgIpc) is 3.42. The molecule has 0 aromatic carbocycles. The Morgan fingerprint density at radius 1 is 1.04 bits per heavy atom. The predicted octanol–water partition coefficient (Wildman–Crippen LogP) is 1.73. The molecule has 0 N–H and O–H groups in total. The maximum atomic E-state index is 12.3. The van der Waals surface area contributed by atoms with Gasteiger partial charge in [0.1, 0.15) is 0 Å². The quantitative estimate of drug-likeness (QED) is 0.851. The normalized spacial score (nSPS) is 18.3. The van der Waals surface area contributed by atoms with Crippen molar-refractivity contribution in [2.45, 2.75) is 33.1 Å². The second-order valence-electron chi connectivity index (χ2n) is 7.03. The van der Waals surface area contributed by atoms with Crippen molar-refractivity contribution in [2.24, 2.45) is 5.92 Å². The van der Waals surface area contributed by atoms with Gasteiger partial charge >= 0.3 is 0 Å². The summed E-state index contributed by atoms with van der Waals surface area (Å²) in [5.74, 6) is 2.24. The molecule has 3 heterocycles. The second-order valence-corrected chi connectivity index (χ2v) is 7.03. The number of hydrogen-bond acceptors (Lipinski definition) is 5. The maximum absolute atomic E-state index is 12.3. The summed E-state index contributed by atoms with van der Waals surface area (Å²) in [6, 6.07) is 5.98. The number of amides is 1. The van der Waals surface area contributed by atoms with Crippen LogP contribution in [0.25, 0.3) is 5.82 Å². The largest absolute Gasteiger partial charge is 0.353 e. The second kappa shape index (κ2) is 6.46. The molecule has 2 aliphatic rings. The maximum Gasteiger partial charge on any atom is 0.225 e. The minimum atomic E-state index is 0.298. The Morgan fingerprint density at radius 2 is 1.80 bits per heavy atom. The molecule has 1 aliphatic carbocycles. The molecule has 0 bridgehead atoms. The smallest absolute Gasteiger partial charge is 0.225 e. The highest BCUT2D eigenvalue weighted by molar-refractivity contribution is 5.81. The molecule has 1 aliphatic heterocycles. The Kier molecular flexibility index (Phi) is 4.15. The van der Waals surface area contributed by atoms with E-state index in [1.54, 1.807) is 0 Å². The number of aromatic nitrogens is 4. The first-order valence-electron chi connectivity index (χ1n) is 9.03. The van der Waals surface area contributed by atoms with Crippen molar-refractivity contribution in [2.75, 3.05) is 31.1 Å². The van der Waals surface area contributed by atoms with Gasteiger partial charge in [-0.1, -0.05) is 0 Å². The third-order valence-electron chi connectivity index (χ3n) is 4.92. The molecule has 0 radical (unpaired) electrons. The molecule has 1 saturated heterocycles. The van der Waals surface area contributed by atoms with E-state index in [-0.39, 0.29) is 0 Å². The van der Waals surface area contributed by atoms with E-state index in [4.69, 9.17) is 0 Å². The van der Waals surface area contributed by atoms with E-state index in [0.717, 1.165) is 68.5 Å². The molecule has 25 heavy (non-hydrogen) atoms. The zero-order valence-electron chi connectivity index (χ0n) is 14.9. The molecule has 0 atom stereocenters. The highest BCUT2D eigenvalue weighted by Gasteiger charge is 2.34. The number of rotatable bonds is 3. The number of nitrogens with zero attached hydrogens (tertiary/aromatic N) is 6.